The van der Waals surface area contributed by atoms with E-state index in [1.54, 1.807) is 18.2 Å². The van der Waals surface area contributed by atoms with Gasteiger partial charge in [0.15, 0.2) is 5.82 Å². The lowest BCUT2D eigenvalue weighted by Crippen LogP contribution is -2.26. The molecule has 0 saturated heterocycles. The summed E-state index contributed by atoms with van der Waals surface area (Å²) >= 11 is 12.5. The van der Waals surface area contributed by atoms with Crippen LogP contribution in [0.5, 0.6) is 0 Å². The number of halogens is 2. The summed E-state index contributed by atoms with van der Waals surface area (Å²) in [4.78, 5) is 0. The molecule has 2 N–H and O–H groups in total. The molecule has 0 bridgehead atoms. The Bertz CT molecular complexity index is 579. The van der Waals surface area contributed by atoms with Gasteiger partial charge >= 0.3 is 0 Å². The molecule has 0 aliphatic rings. The molecule has 4 nitrogen and oxygen atoms in total. The van der Waals surface area contributed by atoms with Crippen LogP contribution in [0.4, 0.5) is 0 Å². The fourth-order valence-corrected chi connectivity index (χ4v) is 2.59. The average molecular weight is 299 g/mol. The molecule has 0 aliphatic carbocycles. The van der Waals surface area contributed by atoms with Gasteiger partial charge in [0.25, 0.3) is 0 Å². The molecular formula is C13H16Cl2N4. The molecule has 0 unspecified atom stereocenters. The van der Waals surface area contributed by atoms with Gasteiger partial charge < -0.3 is 10.3 Å². The van der Waals surface area contributed by atoms with Crippen LogP contribution < -0.4 is 5.73 Å². The van der Waals surface area contributed by atoms with Crippen LogP contribution in [0.15, 0.2) is 18.2 Å². The Morgan fingerprint density at radius 1 is 1.16 bits per heavy atom. The Labute approximate surface area is 122 Å². The standard InChI is InChI=1S/C13H16Cl2N4/c1-13(2,3)19-10(7-16)17-18-12(19)11-8(14)5-4-6-9(11)15/h4-6H,7,16H2,1-3H3. The van der Waals surface area contributed by atoms with Gasteiger partial charge in [-0.15, -0.1) is 10.2 Å². The normalized spacial score (nSPS) is 11.9. The van der Waals surface area contributed by atoms with Crippen LogP contribution in [0.3, 0.4) is 0 Å². The fourth-order valence-electron chi connectivity index (χ4n) is 2.03. The van der Waals surface area contributed by atoms with Crippen molar-refractivity contribution >= 4 is 23.2 Å². The zero-order valence-electron chi connectivity index (χ0n) is 11.1. The van der Waals surface area contributed by atoms with Crippen molar-refractivity contribution < 1.29 is 0 Å². The van der Waals surface area contributed by atoms with Crippen LogP contribution in [0.25, 0.3) is 11.4 Å². The fraction of sp³-hybridized carbons (Fsp3) is 0.385. The van der Waals surface area contributed by atoms with Crippen molar-refractivity contribution in [3.63, 3.8) is 0 Å². The summed E-state index contributed by atoms with van der Waals surface area (Å²) in [5.41, 5.74) is 6.20. The van der Waals surface area contributed by atoms with E-state index in [1.165, 1.54) is 0 Å². The summed E-state index contributed by atoms with van der Waals surface area (Å²) in [5, 5.41) is 9.44. The lowest BCUT2D eigenvalue weighted by molar-refractivity contribution is 0.386. The summed E-state index contributed by atoms with van der Waals surface area (Å²) in [6.07, 6.45) is 0. The molecule has 0 aliphatic heterocycles. The van der Waals surface area contributed by atoms with Gasteiger partial charge in [0.2, 0.25) is 0 Å². The van der Waals surface area contributed by atoms with Crippen LogP contribution in [-0.4, -0.2) is 14.8 Å². The van der Waals surface area contributed by atoms with E-state index < -0.39 is 0 Å². The molecule has 0 fully saturated rings. The van der Waals surface area contributed by atoms with Gasteiger partial charge in [-0.1, -0.05) is 29.3 Å². The highest BCUT2D eigenvalue weighted by molar-refractivity contribution is 6.38. The number of aromatic nitrogens is 3. The molecule has 0 radical (unpaired) electrons. The Kier molecular flexibility index (Phi) is 3.85. The minimum Gasteiger partial charge on any atom is -0.324 e. The first kappa shape index (κ1) is 14.3. The minimum absolute atomic E-state index is 0.212. The summed E-state index contributed by atoms with van der Waals surface area (Å²) in [6, 6.07) is 5.37. The molecule has 1 heterocycles. The lowest BCUT2D eigenvalue weighted by atomic mass is 10.1. The molecule has 6 heteroatoms. The van der Waals surface area contributed by atoms with Crippen LogP contribution in [-0.2, 0) is 12.1 Å². The van der Waals surface area contributed by atoms with Crippen molar-refractivity contribution in [1.82, 2.24) is 14.8 Å². The number of nitrogens with zero attached hydrogens (tertiary/aromatic N) is 3. The number of hydrogen-bond donors (Lipinski definition) is 1. The first-order chi connectivity index (χ1) is 8.86. The maximum absolute atomic E-state index is 6.24. The molecular weight excluding hydrogens is 283 g/mol. The largest absolute Gasteiger partial charge is 0.324 e. The lowest BCUT2D eigenvalue weighted by Gasteiger charge is -2.25. The van der Waals surface area contributed by atoms with E-state index >= 15 is 0 Å². The quantitative estimate of drug-likeness (QED) is 0.923. The highest BCUT2D eigenvalue weighted by Crippen LogP contribution is 2.35. The van der Waals surface area contributed by atoms with E-state index in [-0.39, 0.29) is 5.54 Å². The van der Waals surface area contributed by atoms with Gasteiger partial charge in [0, 0.05) is 5.54 Å². The molecule has 2 aromatic rings. The number of hydrogen-bond acceptors (Lipinski definition) is 3. The highest BCUT2D eigenvalue weighted by atomic mass is 35.5. The molecule has 1 aromatic heterocycles. The Morgan fingerprint density at radius 2 is 1.74 bits per heavy atom. The first-order valence-corrected chi connectivity index (χ1v) is 6.71. The maximum Gasteiger partial charge on any atom is 0.167 e. The Hall–Kier alpha value is -1.10. The number of rotatable bonds is 2. The van der Waals surface area contributed by atoms with Crippen molar-refractivity contribution in [1.29, 1.82) is 0 Å². The zero-order chi connectivity index (χ0) is 14.2. The minimum atomic E-state index is -0.212. The van der Waals surface area contributed by atoms with Gasteiger partial charge in [0.05, 0.1) is 22.2 Å². The van der Waals surface area contributed by atoms with E-state index in [0.29, 0.717) is 33.8 Å². The van der Waals surface area contributed by atoms with Gasteiger partial charge in [-0.25, -0.2) is 0 Å². The summed E-state index contributed by atoms with van der Waals surface area (Å²) in [6.45, 7) is 6.49. The van der Waals surface area contributed by atoms with E-state index in [0.717, 1.165) is 0 Å². The topological polar surface area (TPSA) is 56.7 Å². The zero-order valence-corrected chi connectivity index (χ0v) is 12.6. The van der Waals surface area contributed by atoms with Crippen LogP contribution >= 0.6 is 23.2 Å². The Balaban J connectivity index is 2.74. The summed E-state index contributed by atoms with van der Waals surface area (Å²) < 4.78 is 1.97. The second-order valence-electron chi connectivity index (χ2n) is 5.25. The van der Waals surface area contributed by atoms with Crippen LogP contribution in [0.1, 0.15) is 26.6 Å². The van der Waals surface area contributed by atoms with Crippen molar-refractivity contribution in [2.24, 2.45) is 5.73 Å². The second kappa shape index (κ2) is 5.12. The second-order valence-corrected chi connectivity index (χ2v) is 6.06. The molecule has 0 atom stereocenters. The summed E-state index contributed by atoms with van der Waals surface area (Å²) in [5.74, 6) is 1.35. The van der Waals surface area contributed by atoms with E-state index in [2.05, 4.69) is 31.0 Å². The number of nitrogens with two attached hydrogens (primary N) is 1. The third-order valence-corrected chi connectivity index (χ3v) is 3.40. The van der Waals surface area contributed by atoms with Gasteiger partial charge in [-0.3, -0.25) is 0 Å². The molecule has 0 spiro atoms. The van der Waals surface area contributed by atoms with Crippen molar-refractivity contribution in [3.05, 3.63) is 34.1 Å². The number of benzene rings is 1. The third kappa shape index (κ3) is 2.61. The monoisotopic (exact) mass is 298 g/mol. The van der Waals surface area contributed by atoms with E-state index in [1.807, 2.05) is 4.57 Å². The smallest absolute Gasteiger partial charge is 0.167 e. The molecule has 1 aromatic carbocycles. The molecule has 19 heavy (non-hydrogen) atoms. The molecule has 0 amide bonds. The van der Waals surface area contributed by atoms with Crippen LogP contribution in [0.2, 0.25) is 10.0 Å². The van der Waals surface area contributed by atoms with Gasteiger partial charge in [0.1, 0.15) is 5.82 Å². The molecule has 102 valence electrons. The first-order valence-electron chi connectivity index (χ1n) is 5.95. The van der Waals surface area contributed by atoms with Crippen molar-refractivity contribution in [3.8, 4) is 11.4 Å². The van der Waals surface area contributed by atoms with Crippen molar-refractivity contribution in [2.45, 2.75) is 32.9 Å². The molecule has 2 rings (SSSR count). The average Bonchev–Trinajstić information content (AvgIpc) is 2.72. The predicted molar refractivity (Wildman–Crippen MR) is 78.4 cm³/mol. The SMILES string of the molecule is CC(C)(C)n1c(CN)nnc1-c1c(Cl)cccc1Cl. The third-order valence-electron chi connectivity index (χ3n) is 2.77. The van der Waals surface area contributed by atoms with E-state index in [4.69, 9.17) is 28.9 Å². The summed E-state index contributed by atoms with van der Waals surface area (Å²) in [7, 11) is 0. The van der Waals surface area contributed by atoms with Crippen LogP contribution in [0, 0.1) is 0 Å². The Morgan fingerprint density at radius 3 is 2.21 bits per heavy atom. The van der Waals surface area contributed by atoms with Gasteiger partial charge in [-0.2, -0.15) is 0 Å². The van der Waals surface area contributed by atoms with Crippen molar-refractivity contribution in [2.75, 3.05) is 0 Å². The maximum atomic E-state index is 6.24. The predicted octanol–water partition coefficient (Wildman–Crippen LogP) is 3.47. The van der Waals surface area contributed by atoms with Gasteiger partial charge in [-0.05, 0) is 32.9 Å². The highest BCUT2D eigenvalue weighted by Gasteiger charge is 2.25. The molecule has 0 saturated carbocycles. The van der Waals surface area contributed by atoms with E-state index in [9.17, 15) is 0 Å².